The van der Waals surface area contributed by atoms with E-state index in [0.717, 1.165) is 5.39 Å². The highest BCUT2D eigenvalue weighted by molar-refractivity contribution is 7.90. The summed E-state index contributed by atoms with van der Waals surface area (Å²) >= 11 is 0. The molecule has 3 aromatic rings. The van der Waals surface area contributed by atoms with Crippen molar-refractivity contribution in [2.75, 3.05) is 0 Å². The third kappa shape index (κ3) is 1.86. The fraction of sp³-hybridized carbons (Fsp3) is 0. The Kier molecular flexibility index (Phi) is 2.71. The Morgan fingerprint density at radius 2 is 1.53 bits per heavy atom. The molecule has 0 aliphatic rings. The molecule has 0 radical (unpaired) electrons. The van der Waals surface area contributed by atoms with Crippen LogP contribution in [0.3, 0.4) is 0 Å². The van der Waals surface area contributed by atoms with Crippen molar-refractivity contribution in [3.63, 3.8) is 0 Å². The van der Waals surface area contributed by atoms with Crippen LogP contribution in [0.4, 0.5) is 0 Å². The van der Waals surface area contributed by atoms with Crippen molar-refractivity contribution >= 4 is 34.4 Å². The topological polar surface area (TPSA) is 39.1 Å². The summed E-state index contributed by atoms with van der Waals surface area (Å²) in [5.74, 6) is 0. The monoisotopic (exact) mass is 269 g/mol. The normalized spacial score (nSPS) is 11.8. The average Bonchev–Trinajstić information content (AvgIpc) is 2.76. The molecular weight excluding hydrogens is 257 g/mol. The Labute approximate surface area is 113 Å². The summed E-state index contributed by atoms with van der Waals surface area (Å²) < 4.78 is 26.8. The molecule has 0 fully saturated rings. The van der Waals surface area contributed by atoms with Crippen LogP contribution in [0.2, 0.25) is 0 Å². The van der Waals surface area contributed by atoms with E-state index in [4.69, 9.17) is 0 Å². The SMILES string of the molecule is Bc1cc2ccccc2n1S(=O)(=O)c1ccccc1. The Morgan fingerprint density at radius 1 is 0.895 bits per heavy atom. The molecule has 0 aliphatic carbocycles. The lowest BCUT2D eigenvalue weighted by Gasteiger charge is -2.09. The highest BCUT2D eigenvalue weighted by atomic mass is 32.2. The van der Waals surface area contributed by atoms with E-state index in [-0.39, 0.29) is 0 Å². The molecule has 94 valence electrons. The Morgan fingerprint density at radius 3 is 2.26 bits per heavy atom. The van der Waals surface area contributed by atoms with Gasteiger partial charge in [-0.2, -0.15) is 0 Å². The summed E-state index contributed by atoms with van der Waals surface area (Å²) in [6, 6.07) is 17.9. The van der Waals surface area contributed by atoms with Gasteiger partial charge in [-0.1, -0.05) is 36.4 Å². The van der Waals surface area contributed by atoms with E-state index < -0.39 is 10.0 Å². The number of para-hydroxylation sites is 1. The van der Waals surface area contributed by atoms with E-state index in [1.165, 1.54) is 3.97 Å². The largest absolute Gasteiger partial charge is 0.267 e. The number of fused-ring (bicyclic) bond motifs is 1. The molecule has 0 spiro atoms. The maximum Gasteiger partial charge on any atom is 0.267 e. The van der Waals surface area contributed by atoms with Gasteiger partial charge in [0.2, 0.25) is 0 Å². The van der Waals surface area contributed by atoms with Gasteiger partial charge < -0.3 is 0 Å². The first kappa shape index (κ1) is 12.1. The summed E-state index contributed by atoms with van der Waals surface area (Å²) in [5, 5.41) is 0.930. The molecule has 0 unspecified atom stereocenters. The van der Waals surface area contributed by atoms with Gasteiger partial charge in [-0.3, -0.25) is 0 Å². The zero-order valence-electron chi connectivity index (χ0n) is 10.4. The van der Waals surface area contributed by atoms with Gasteiger partial charge in [0.05, 0.1) is 10.4 Å². The predicted octanol–water partition coefficient (Wildman–Crippen LogP) is 1.14. The average molecular weight is 269 g/mol. The number of hydrogen-bond donors (Lipinski definition) is 0. The van der Waals surface area contributed by atoms with Gasteiger partial charge in [-0.05, 0) is 29.9 Å². The first-order valence-corrected chi connectivity index (χ1v) is 7.42. The molecule has 3 rings (SSSR count). The Bertz CT molecular complexity index is 838. The molecule has 0 saturated carbocycles. The van der Waals surface area contributed by atoms with E-state index in [2.05, 4.69) is 0 Å². The summed E-state index contributed by atoms with van der Waals surface area (Å²) in [4.78, 5) is 0.305. The molecule has 0 N–H and O–H groups in total. The van der Waals surface area contributed by atoms with Crippen molar-refractivity contribution in [1.29, 1.82) is 0 Å². The maximum atomic E-state index is 12.7. The van der Waals surface area contributed by atoms with Crippen LogP contribution >= 0.6 is 0 Å². The summed E-state index contributed by atoms with van der Waals surface area (Å²) in [6.07, 6.45) is 0. The minimum Gasteiger partial charge on any atom is -0.248 e. The van der Waals surface area contributed by atoms with E-state index in [1.54, 1.807) is 38.2 Å². The lowest BCUT2D eigenvalue weighted by molar-refractivity contribution is 0.590. The molecule has 0 amide bonds. The van der Waals surface area contributed by atoms with Crippen molar-refractivity contribution < 1.29 is 8.42 Å². The number of hydrogen-bond acceptors (Lipinski definition) is 2. The molecule has 19 heavy (non-hydrogen) atoms. The molecule has 5 heteroatoms. The van der Waals surface area contributed by atoms with Crippen LogP contribution in [0.15, 0.2) is 65.6 Å². The van der Waals surface area contributed by atoms with Crippen LogP contribution in [0.5, 0.6) is 0 Å². The van der Waals surface area contributed by atoms with Crippen LogP contribution in [0.1, 0.15) is 0 Å². The zero-order valence-corrected chi connectivity index (χ0v) is 11.3. The molecule has 0 saturated heterocycles. The summed E-state index contributed by atoms with van der Waals surface area (Å²) in [5.41, 5.74) is 1.42. The van der Waals surface area contributed by atoms with E-state index in [9.17, 15) is 8.42 Å². The smallest absolute Gasteiger partial charge is 0.248 e. The fourth-order valence-electron chi connectivity index (χ4n) is 2.29. The highest BCUT2D eigenvalue weighted by Crippen LogP contribution is 2.20. The van der Waals surface area contributed by atoms with Crippen LogP contribution < -0.4 is 5.59 Å². The van der Waals surface area contributed by atoms with E-state index >= 15 is 0 Å². The maximum absolute atomic E-state index is 12.7. The van der Waals surface area contributed by atoms with E-state index in [1.807, 2.05) is 30.3 Å². The molecular formula is C14H12BNO2S. The van der Waals surface area contributed by atoms with Gasteiger partial charge in [-0.25, -0.2) is 12.4 Å². The number of nitrogens with zero attached hydrogens (tertiary/aromatic N) is 1. The van der Waals surface area contributed by atoms with Gasteiger partial charge in [0.1, 0.15) is 0 Å². The van der Waals surface area contributed by atoms with Crippen LogP contribution in [0.25, 0.3) is 10.9 Å². The second-order valence-electron chi connectivity index (χ2n) is 4.43. The van der Waals surface area contributed by atoms with Crippen LogP contribution in [-0.4, -0.2) is 20.2 Å². The molecule has 1 aromatic heterocycles. The molecule has 2 aromatic carbocycles. The van der Waals surface area contributed by atoms with Gasteiger partial charge in [0.25, 0.3) is 10.0 Å². The fourth-order valence-corrected chi connectivity index (χ4v) is 3.85. The second-order valence-corrected chi connectivity index (χ2v) is 6.21. The number of benzene rings is 2. The van der Waals surface area contributed by atoms with E-state index in [0.29, 0.717) is 16.0 Å². The van der Waals surface area contributed by atoms with Gasteiger partial charge in [0, 0.05) is 5.39 Å². The van der Waals surface area contributed by atoms with Gasteiger partial charge in [-0.15, -0.1) is 0 Å². The summed E-state index contributed by atoms with van der Waals surface area (Å²) in [7, 11) is -1.73. The molecule has 3 nitrogen and oxygen atoms in total. The van der Waals surface area contributed by atoms with Crippen molar-refractivity contribution in [3.8, 4) is 0 Å². The van der Waals surface area contributed by atoms with Crippen LogP contribution in [0, 0.1) is 0 Å². The first-order valence-electron chi connectivity index (χ1n) is 5.98. The first-order chi connectivity index (χ1) is 9.10. The molecule has 0 bridgehead atoms. The minimum atomic E-state index is -3.54. The standard InChI is InChI=1S/C14H12BNO2S/c15-14-10-11-6-4-5-9-13(11)16(14)19(17,18)12-7-2-1-3-8-12/h1-10H,15H2. The van der Waals surface area contributed by atoms with Gasteiger partial charge >= 0.3 is 0 Å². The Balaban J connectivity index is 2.34. The van der Waals surface area contributed by atoms with Crippen molar-refractivity contribution in [1.82, 2.24) is 3.97 Å². The quantitative estimate of drug-likeness (QED) is 0.654. The third-order valence-electron chi connectivity index (χ3n) is 3.12. The second kappa shape index (κ2) is 4.28. The summed E-state index contributed by atoms with van der Waals surface area (Å²) in [6.45, 7) is 0. The molecule has 1 heterocycles. The van der Waals surface area contributed by atoms with Crippen molar-refractivity contribution in [2.24, 2.45) is 0 Å². The zero-order chi connectivity index (χ0) is 13.5. The lowest BCUT2D eigenvalue weighted by atomic mass is 10.1. The third-order valence-corrected chi connectivity index (χ3v) is 4.95. The number of rotatable bonds is 2. The predicted molar refractivity (Wildman–Crippen MR) is 79.1 cm³/mol. The molecule has 0 atom stereocenters. The molecule has 0 aliphatic heterocycles. The van der Waals surface area contributed by atoms with Gasteiger partial charge in [0.15, 0.2) is 7.85 Å². The minimum absolute atomic E-state index is 0.305. The highest BCUT2D eigenvalue weighted by Gasteiger charge is 2.20. The Hall–Kier alpha value is -2.01. The number of aromatic nitrogens is 1. The lowest BCUT2D eigenvalue weighted by Crippen LogP contribution is -2.24. The van der Waals surface area contributed by atoms with Crippen LogP contribution in [-0.2, 0) is 10.0 Å². The van der Waals surface area contributed by atoms with Crippen molar-refractivity contribution in [3.05, 3.63) is 60.7 Å². The van der Waals surface area contributed by atoms with Crippen molar-refractivity contribution in [2.45, 2.75) is 4.90 Å².